The van der Waals surface area contributed by atoms with Crippen molar-refractivity contribution in [3.05, 3.63) is 18.1 Å². The lowest BCUT2D eigenvalue weighted by molar-refractivity contribution is 0.0587. The van der Waals surface area contributed by atoms with Crippen LogP contribution in [0.15, 0.2) is 12.3 Å². The van der Waals surface area contributed by atoms with Crippen LogP contribution in [0.5, 0.6) is 0 Å². The Hall–Kier alpha value is -1.65. The van der Waals surface area contributed by atoms with E-state index in [-0.39, 0.29) is 5.82 Å². The number of rotatable bonds is 6. The summed E-state index contributed by atoms with van der Waals surface area (Å²) in [6.45, 7) is 6.08. The Morgan fingerprint density at radius 3 is 2.53 bits per heavy atom. The van der Waals surface area contributed by atoms with E-state index in [4.69, 9.17) is 0 Å². The Labute approximate surface area is 102 Å². The van der Waals surface area contributed by atoms with Crippen molar-refractivity contribution in [1.82, 2.24) is 9.97 Å². The van der Waals surface area contributed by atoms with Gasteiger partial charge in [0.2, 0.25) is 5.82 Å². The maximum atomic E-state index is 11.3. The van der Waals surface area contributed by atoms with Gasteiger partial charge in [-0.2, -0.15) is 0 Å². The van der Waals surface area contributed by atoms with Gasteiger partial charge in [0.25, 0.3) is 0 Å². The number of carbonyl (C=O) groups is 1. The SMILES string of the molecule is CCCN(CCC)c1ccnc(C(=O)OC)n1. The lowest BCUT2D eigenvalue weighted by Gasteiger charge is -2.22. The molecule has 0 amide bonds. The summed E-state index contributed by atoms with van der Waals surface area (Å²) in [6.07, 6.45) is 3.67. The first-order valence-corrected chi connectivity index (χ1v) is 5.89. The normalized spacial score (nSPS) is 10.1. The van der Waals surface area contributed by atoms with E-state index in [1.54, 1.807) is 6.20 Å². The van der Waals surface area contributed by atoms with Crippen molar-refractivity contribution in [1.29, 1.82) is 0 Å². The second-order valence-electron chi connectivity index (χ2n) is 3.72. The molecule has 0 aliphatic heterocycles. The standard InChI is InChI=1S/C12H19N3O2/c1-4-8-15(9-5-2)10-6-7-13-11(14-10)12(16)17-3/h6-7H,4-5,8-9H2,1-3H3. The summed E-state index contributed by atoms with van der Waals surface area (Å²) in [7, 11) is 1.33. The average molecular weight is 237 g/mol. The fourth-order valence-corrected chi connectivity index (χ4v) is 1.60. The fourth-order valence-electron chi connectivity index (χ4n) is 1.60. The van der Waals surface area contributed by atoms with Gasteiger partial charge in [0.15, 0.2) is 0 Å². The van der Waals surface area contributed by atoms with E-state index < -0.39 is 5.97 Å². The van der Waals surface area contributed by atoms with Gasteiger partial charge in [-0.25, -0.2) is 14.8 Å². The van der Waals surface area contributed by atoms with E-state index >= 15 is 0 Å². The van der Waals surface area contributed by atoms with Crippen molar-refractivity contribution >= 4 is 11.8 Å². The minimum Gasteiger partial charge on any atom is -0.463 e. The maximum Gasteiger partial charge on any atom is 0.376 e. The molecule has 0 aromatic carbocycles. The molecule has 0 spiro atoms. The number of esters is 1. The van der Waals surface area contributed by atoms with Gasteiger partial charge < -0.3 is 9.64 Å². The summed E-state index contributed by atoms with van der Waals surface area (Å²) in [4.78, 5) is 21.6. The molecule has 0 bridgehead atoms. The third-order valence-electron chi connectivity index (χ3n) is 2.32. The lowest BCUT2D eigenvalue weighted by Crippen LogP contribution is -2.26. The zero-order valence-corrected chi connectivity index (χ0v) is 10.6. The molecule has 1 rings (SSSR count). The number of methoxy groups -OCH3 is 1. The van der Waals surface area contributed by atoms with Gasteiger partial charge in [-0.3, -0.25) is 0 Å². The van der Waals surface area contributed by atoms with Crippen LogP contribution < -0.4 is 4.90 Å². The van der Waals surface area contributed by atoms with Gasteiger partial charge in [-0.05, 0) is 18.9 Å². The van der Waals surface area contributed by atoms with Crippen LogP contribution in [0.2, 0.25) is 0 Å². The lowest BCUT2D eigenvalue weighted by atomic mass is 10.3. The number of aromatic nitrogens is 2. The predicted octanol–water partition coefficient (Wildman–Crippen LogP) is 1.89. The van der Waals surface area contributed by atoms with E-state index in [2.05, 4.69) is 33.5 Å². The molecule has 0 radical (unpaired) electrons. The number of hydrogen-bond acceptors (Lipinski definition) is 5. The van der Waals surface area contributed by atoms with Crippen molar-refractivity contribution in [2.45, 2.75) is 26.7 Å². The van der Waals surface area contributed by atoms with Crippen LogP contribution in [0.25, 0.3) is 0 Å². The third-order valence-corrected chi connectivity index (χ3v) is 2.32. The van der Waals surface area contributed by atoms with E-state index in [9.17, 15) is 4.79 Å². The molecule has 0 saturated heterocycles. The largest absolute Gasteiger partial charge is 0.463 e. The molecule has 17 heavy (non-hydrogen) atoms. The Morgan fingerprint density at radius 2 is 2.00 bits per heavy atom. The second-order valence-corrected chi connectivity index (χ2v) is 3.72. The molecule has 0 aliphatic carbocycles. The summed E-state index contributed by atoms with van der Waals surface area (Å²) in [6, 6.07) is 1.82. The van der Waals surface area contributed by atoms with E-state index in [1.165, 1.54) is 7.11 Å². The van der Waals surface area contributed by atoms with Crippen LogP contribution in [0, 0.1) is 0 Å². The van der Waals surface area contributed by atoms with E-state index in [0.29, 0.717) is 0 Å². The number of anilines is 1. The molecule has 0 saturated carbocycles. The van der Waals surface area contributed by atoms with Crippen LogP contribution in [0.3, 0.4) is 0 Å². The predicted molar refractivity (Wildman–Crippen MR) is 66.2 cm³/mol. The Balaban J connectivity index is 2.91. The highest BCUT2D eigenvalue weighted by atomic mass is 16.5. The molecule has 5 heteroatoms. The first-order valence-electron chi connectivity index (χ1n) is 5.89. The molecular weight excluding hydrogens is 218 g/mol. The highest BCUT2D eigenvalue weighted by molar-refractivity contribution is 5.85. The van der Waals surface area contributed by atoms with Crippen LogP contribution in [-0.4, -0.2) is 36.1 Å². The highest BCUT2D eigenvalue weighted by Gasteiger charge is 2.12. The number of nitrogens with zero attached hydrogens (tertiary/aromatic N) is 3. The molecular formula is C12H19N3O2. The zero-order valence-electron chi connectivity index (χ0n) is 10.6. The Bertz CT molecular complexity index is 363. The topological polar surface area (TPSA) is 55.3 Å². The van der Waals surface area contributed by atoms with Gasteiger partial charge >= 0.3 is 5.97 Å². The summed E-state index contributed by atoms with van der Waals surface area (Å²) < 4.78 is 4.61. The molecule has 1 aromatic rings. The van der Waals surface area contributed by atoms with Crippen molar-refractivity contribution in [3.8, 4) is 0 Å². The molecule has 5 nitrogen and oxygen atoms in total. The number of hydrogen-bond donors (Lipinski definition) is 0. The van der Waals surface area contributed by atoms with Crippen molar-refractivity contribution in [2.24, 2.45) is 0 Å². The van der Waals surface area contributed by atoms with Crippen molar-refractivity contribution in [3.63, 3.8) is 0 Å². The first-order chi connectivity index (χ1) is 8.22. The smallest absolute Gasteiger partial charge is 0.376 e. The maximum absolute atomic E-state index is 11.3. The second kappa shape index (κ2) is 6.83. The van der Waals surface area contributed by atoms with Gasteiger partial charge in [0.05, 0.1) is 7.11 Å². The summed E-state index contributed by atoms with van der Waals surface area (Å²) >= 11 is 0. The Kier molecular flexibility index (Phi) is 5.39. The molecule has 0 unspecified atom stereocenters. The molecule has 0 N–H and O–H groups in total. The molecule has 0 aliphatic rings. The first kappa shape index (κ1) is 13.4. The van der Waals surface area contributed by atoms with E-state index in [0.717, 1.165) is 31.7 Å². The van der Waals surface area contributed by atoms with Gasteiger partial charge in [0.1, 0.15) is 5.82 Å². The molecule has 0 atom stereocenters. The third kappa shape index (κ3) is 3.69. The molecule has 1 heterocycles. The van der Waals surface area contributed by atoms with E-state index in [1.807, 2.05) is 6.07 Å². The minimum absolute atomic E-state index is 0.113. The summed E-state index contributed by atoms with van der Waals surface area (Å²) in [5.74, 6) is 0.395. The van der Waals surface area contributed by atoms with Gasteiger partial charge in [0, 0.05) is 19.3 Å². The molecule has 1 aromatic heterocycles. The quantitative estimate of drug-likeness (QED) is 0.707. The monoisotopic (exact) mass is 237 g/mol. The van der Waals surface area contributed by atoms with Crippen LogP contribution in [0.4, 0.5) is 5.82 Å². The van der Waals surface area contributed by atoms with Crippen LogP contribution in [-0.2, 0) is 4.74 Å². The highest BCUT2D eigenvalue weighted by Crippen LogP contribution is 2.11. The van der Waals surface area contributed by atoms with Gasteiger partial charge in [-0.15, -0.1) is 0 Å². The van der Waals surface area contributed by atoms with Crippen LogP contribution >= 0.6 is 0 Å². The molecule has 94 valence electrons. The van der Waals surface area contributed by atoms with Crippen molar-refractivity contribution < 1.29 is 9.53 Å². The Morgan fingerprint density at radius 1 is 1.35 bits per heavy atom. The fraction of sp³-hybridized carbons (Fsp3) is 0.583. The van der Waals surface area contributed by atoms with Crippen LogP contribution in [0.1, 0.15) is 37.3 Å². The minimum atomic E-state index is -0.500. The average Bonchev–Trinajstić information content (AvgIpc) is 2.37. The zero-order chi connectivity index (χ0) is 12.7. The number of ether oxygens (including phenoxy) is 1. The van der Waals surface area contributed by atoms with Crippen molar-refractivity contribution in [2.75, 3.05) is 25.1 Å². The molecule has 0 fully saturated rings. The number of carbonyl (C=O) groups excluding carboxylic acids is 1. The van der Waals surface area contributed by atoms with Gasteiger partial charge in [-0.1, -0.05) is 13.8 Å². The summed E-state index contributed by atoms with van der Waals surface area (Å²) in [5, 5.41) is 0. The summed E-state index contributed by atoms with van der Waals surface area (Å²) in [5.41, 5.74) is 0.